The summed E-state index contributed by atoms with van der Waals surface area (Å²) in [6.07, 6.45) is 23.9. The van der Waals surface area contributed by atoms with Crippen LogP contribution in [0, 0.1) is 5.41 Å². The number of unbranched alkanes of at least 4 members (excludes halogenated alkanes) is 6. The van der Waals surface area contributed by atoms with Gasteiger partial charge in [0.15, 0.2) is 0 Å². The summed E-state index contributed by atoms with van der Waals surface area (Å²) in [5, 5.41) is 0. The van der Waals surface area contributed by atoms with Gasteiger partial charge in [-0.05, 0) is 73.6 Å². The summed E-state index contributed by atoms with van der Waals surface area (Å²) >= 11 is 0. The van der Waals surface area contributed by atoms with Crippen molar-refractivity contribution >= 4 is 11.8 Å². The maximum atomic E-state index is 13.5. The minimum atomic E-state index is -0.162. The van der Waals surface area contributed by atoms with Crippen LogP contribution < -0.4 is 0 Å². The van der Waals surface area contributed by atoms with Crippen LogP contribution in [0.4, 0.5) is 0 Å². The molecule has 3 rings (SSSR count). The molecule has 40 heavy (non-hydrogen) atoms. The van der Waals surface area contributed by atoms with Crippen LogP contribution in [0.25, 0.3) is 0 Å². The monoisotopic (exact) mass is 549 g/mol. The average Bonchev–Trinajstić information content (AvgIpc) is 3.40. The minimum absolute atomic E-state index is 0.00217. The maximum absolute atomic E-state index is 13.5. The molecule has 1 aliphatic carbocycles. The summed E-state index contributed by atoms with van der Waals surface area (Å²) in [7, 11) is 0. The van der Waals surface area contributed by atoms with Crippen molar-refractivity contribution in [3.63, 3.8) is 0 Å². The Morgan fingerprint density at radius 1 is 0.625 bits per heavy atom. The predicted octanol–water partition coefficient (Wildman–Crippen LogP) is 10.3. The van der Waals surface area contributed by atoms with E-state index in [1.807, 2.05) is 0 Å². The molecule has 1 aliphatic heterocycles. The van der Waals surface area contributed by atoms with Crippen LogP contribution in [-0.4, -0.2) is 16.7 Å². The number of imide groups is 1. The Balaban J connectivity index is 2.47. The summed E-state index contributed by atoms with van der Waals surface area (Å²) in [6, 6.07) is 4.61. The number of carbonyl (C=O) groups excluding carboxylic acids is 2. The van der Waals surface area contributed by atoms with Gasteiger partial charge in [0.25, 0.3) is 11.8 Å². The van der Waals surface area contributed by atoms with E-state index in [2.05, 4.69) is 53.7 Å². The van der Waals surface area contributed by atoms with Gasteiger partial charge in [0, 0.05) is 23.0 Å². The second-order valence-electron chi connectivity index (χ2n) is 12.8. The van der Waals surface area contributed by atoms with E-state index in [-0.39, 0.29) is 28.7 Å². The topological polar surface area (TPSA) is 37.4 Å². The van der Waals surface area contributed by atoms with E-state index in [9.17, 15) is 9.59 Å². The fourth-order valence-electron chi connectivity index (χ4n) is 8.29. The Morgan fingerprint density at radius 2 is 1.10 bits per heavy atom. The maximum Gasteiger partial charge on any atom is 0.254 e. The molecule has 1 atom stereocenters. The Hall–Kier alpha value is -1.90. The first kappa shape index (κ1) is 32.6. The minimum Gasteiger partial charge on any atom is -0.269 e. The number of hydrogen-bond donors (Lipinski definition) is 0. The Morgan fingerprint density at radius 3 is 1.60 bits per heavy atom. The molecule has 0 aromatic heterocycles. The molecular weight excluding hydrogens is 490 g/mol. The molecule has 0 fully saturated rings. The number of fused-ring (bicyclic) bond motifs is 1. The number of benzene rings is 1. The zero-order valence-corrected chi connectivity index (χ0v) is 26.9. The van der Waals surface area contributed by atoms with Gasteiger partial charge in [-0.2, -0.15) is 0 Å². The van der Waals surface area contributed by atoms with Crippen molar-refractivity contribution < 1.29 is 9.59 Å². The Kier molecular flexibility index (Phi) is 12.5. The molecular formula is C37H59NO2. The molecule has 0 unspecified atom stereocenters. The van der Waals surface area contributed by atoms with Crippen LogP contribution in [0.1, 0.15) is 173 Å². The quantitative estimate of drug-likeness (QED) is 0.161. The zero-order valence-electron chi connectivity index (χ0n) is 26.9. The van der Waals surface area contributed by atoms with Gasteiger partial charge in [-0.1, -0.05) is 118 Å². The summed E-state index contributed by atoms with van der Waals surface area (Å²) < 4.78 is 0. The van der Waals surface area contributed by atoms with Crippen molar-refractivity contribution in [1.82, 2.24) is 4.90 Å². The summed E-state index contributed by atoms with van der Waals surface area (Å²) in [6.45, 7) is 13.8. The van der Waals surface area contributed by atoms with Gasteiger partial charge in [-0.25, -0.2) is 0 Å². The van der Waals surface area contributed by atoms with Crippen LogP contribution in [0.15, 0.2) is 24.3 Å². The van der Waals surface area contributed by atoms with E-state index in [0.29, 0.717) is 0 Å². The van der Waals surface area contributed by atoms with Crippen molar-refractivity contribution in [2.24, 2.45) is 5.41 Å². The molecule has 0 saturated carbocycles. The second kappa shape index (κ2) is 15.4. The van der Waals surface area contributed by atoms with Crippen LogP contribution in [0.5, 0.6) is 0 Å². The first-order valence-electron chi connectivity index (χ1n) is 17.1. The lowest BCUT2D eigenvalue weighted by Gasteiger charge is -2.52. The van der Waals surface area contributed by atoms with E-state index in [4.69, 9.17) is 0 Å². The summed E-state index contributed by atoms with van der Waals surface area (Å²) in [5.74, 6) is -0.212. The van der Waals surface area contributed by atoms with Crippen LogP contribution in [0.2, 0.25) is 0 Å². The fourth-order valence-corrected chi connectivity index (χ4v) is 8.29. The molecule has 1 aromatic rings. The molecule has 2 amide bonds. The fraction of sp³-hybridized carbons (Fsp3) is 0.730. The standard InChI is InChI=1S/C37H59NO2/c1-7-13-19-29-21-22-31-34(30(29)20-14-8-2)36(25-15-9-3,26-16-10-4)37(27-17-11-5,28-18-12-6)35(31)38-32(39)23-24-33(38)40/h21-24,35H,7-20,25-28H2,1-6H3/t35-/m1/s1. The highest BCUT2D eigenvalue weighted by Gasteiger charge is 2.64. The third-order valence-corrected chi connectivity index (χ3v) is 10.2. The number of carbonyl (C=O) groups is 2. The van der Waals surface area contributed by atoms with Crippen molar-refractivity contribution in [2.45, 2.75) is 169 Å². The molecule has 3 heteroatoms. The Labute approximate surface area is 246 Å². The van der Waals surface area contributed by atoms with Crippen molar-refractivity contribution in [3.8, 4) is 0 Å². The highest BCUT2D eigenvalue weighted by molar-refractivity contribution is 6.13. The van der Waals surface area contributed by atoms with Crippen molar-refractivity contribution in [1.29, 1.82) is 0 Å². The normalized spacial score (nSPS) is 19.1. The van der Waals surface area contributed by atoms with E-state index < -0.39 is 0 Å². The first-order valence-corrected chi connectivity index (χ1v) is 17.1. The molecule has 0 spiro atoms. The number of amides is 2. The molecule has 3 nitrogen and oxygen atoms in total. The second-order valence-corrected chi connectivity index (χ2v) is 12.8. The predicted molar refractivity (Wildman–Crippen MR) is 170 cm³/mol. The summed E-state index contributed by atoms with van der Waals surface area (Å²) in [5.41, 5.74) is 5.90. The van der Waals surface area contributed by atoms with E-state index >= 15 is 0 Å². The van der Waals surface area contributed by atoms with Gasteiger partial charge in [0.2, 0.25) is 0 Å². The molecule has 224 valence electrons. The highest BCUT2D eigenvalue weighted by Crippen LogP contribution is 2.69. The molecule has 0 saturated heterocycles. The molecule has 1 heterocycles. The lowest BCUT2D eigenvalue weighted by Crippen LogP contribution is -2.51. The molecule has 0 bridgehead atoms. The number of hydrogen-bond acceptors (Lipinski definition) is 2. The third-order valence-electron chi connectivity index (χ3n) is 10.2. The van der Waals surface area contributed by atoms with Crippen LogP contribution in [0.3, 0.4) is 0 Å². The van der Waals surface area contributed by atoms with Crippen molar-refractivity contribution in [2.75, 3.05) is 0 Å². The van der Waals surface area contributed by atoms with E-state index in [1.165, 1.54) is 87.5 Å². The largest absolute Gasteiger partial charge is 0.269 e. The number of aryl methyl sites for hydroxylation is 1. The summed E-state index contributed by atoms with van der Waals surface area (Å²) in [4.78, 5) is 28.8. The van der Waals surface area contributed by atoms with Gasteiger partial charge >= 0.3 is 0 Å². The van der Waals surface area contributed by atoms with E-state index in [0.717, 1.165) is 51.4 Å². The number of rotatable bonds is 19. The molecule has 0 radical (unpaired) electrons. The number of nitrogens with zero attached hydrogens (tertiary/aromatic N) is 1. The van der Waals surface area contributed by atoms with Crippen molar-refractivity contribution in [3.05, 3.63) is 46.5 Å². The van der Waals surface area contributed by atoms with Gasteiger partial charge in [0.05, 0.1) is 6.04 Å². The molecule has 2 aliphatic rings. The smallest absolute Gasteiger partial charge is 0.254 e. The zero-order chi connectivity index (χ0) is 29.2. The van der Waals surface area contributed by atoms with Gasteiger partial charge in [0.1, 0.15) is 0 Å². The third kappa shape index (κ3) is 6.14. The molecule has 1 aromatic carbocycles. The van der Waals surface area contributed by atoms with Gasteiger partial charge in [-0.15, -0.1) is 0 Å². The van der Waals surface area contributed by atoms with Gasteiger partial charge < -0.3 is 0 Å². The van der Waals surface area contributed by atoms with Crippen LogP contribution in [-0.2, 0) is 27.8 Å². The Bertz CT molecular complexity index is 972. The first-order chi connectivity index (χ1) is 19.4. The lowest BCUT2D eigenvalue weighted by molar-refractivity contribution is -0.145. The lowest BCUT2D eigenvalue weighted by atomic mass is 9.53. The van der Waals surface area contributed by atoms with Crippen LogP contribution >= 0.6 is 0 Å². The van der Waals surface area contributed by atoms with E-state index in [1.54, 1.807) is 16.0 Å². The highest BCUT2D eigenvalue weighted by atomic mass is 16.2. The molecule has 0 N–H and O–H groups in total. The average molecular weight is 550 g/mol. The van der Waals surface area contributed by atoms with Gasteiger partial charge in [-0.3, -0.25) is 14.5 Å². The SMILES string of the molecule is CCCCc1ccc2c(c1CCCC)C(CCCC)(CCCC)C(CCCC)(CCCC)[C@@H]2N1C(=O)C=CC1=O.